The van der Waals surface area contributed by atoms with Gasteiger partial charge < -0.3 is 78.4 Å². The number of fused-ring (bicyclic) bond motifs is 4. The second kappa shape index (κ2) is 22.2. The van der Waals surface area contributed by atoms with E-state index in [2.05, 4.69) is 42.6 Å². The number of aliphatic hydroxyl groups excluding tert-OH is 3. The number of nitrogens with zero attached hydrogens (tertiary/aromatic N) is 1. The van der Waals surface area contributed by atoms with Crippen molar-refractivity contribution in [3.05, 3.63) is 23.3 Å². The number of aromatic nitrogens is 1. The zero-order valence-electron chi connectivity index (χ0n) is 35.6. The number of aliphatic hydroxyl groups is 3. The SMILES string of the molecule is CCC1Oc2ccc3c4c5[nH]c3c2C([OH2+])CCNC(=O)C(C4)NC(=O)C(C(C)C(O)CO)NC(=O)C2CC(O)CN2C(=O)C(CC(N)=O)NCC(CS5=O)NC(=O)CNC(=O)C1[NH3+].[Ba]. The summed E-state index contributed by atoms with van der Waals surface area (Å²) < 4.78 is 21.2. The van der Waals surface area contributed by atoms with Gasteiger partial charge in [0.2, 0.25) is 41.5 Å². The summed E-state index contributed by atoms with van der Waals surface area (Å²) in [6.45, 7) is 1.09. The smallest absolute Gasteiger partial charge is 0.282 e. The Kier molecular flexibility index (Phi) is 17.8. The first-order valence-corrected chi connectivity index (χ1v) is 22.2. The van der Waals surface area contributed by atoms with Crippen LogP contribution in [0.4, 0.5) is 0 Å². The predicted molar refractivity (Wildman–Crippen MR) is 227 cm³/mol. The first kappa shape index (κ1) is 51.3. The summed E-state index contributed by atoms with van der Waals surface area (Å²) in [5, 5.41) is 57.4. The van der Waals surface area contributed by atoms with Crippen molar-refractivity contribution < 1.29 is 68.7 Å². The molecule has 7 amide bonds. The fraction of sp³-hybridized carbons (Fsp3) is 0.615. The Hall–Kier alpha value is -3.67. The summed E-state index contributed by atoms with van der Waals surface area (Å²) >= 11 is 0. The summed E-state index contributed by atoms with van der Waals surface area (Å²) in [5.41, 5.74) is 10.5. The topological polar surface area (TPSA) is 374 Å². The van der Waals surface area contributed by atoms with E-state index in [4.69, 9.17) is 10.5 Å². The molecule has 17 N–H and O–H groups in total. The molecule has 12 atom stereocenters. The zero-order valence-corrected chi connectivity index (χ0v) is 40.9. The van der Waals surface area contributed by atoms with E-state index in [0.717, 1.165) is 4.90 Å². The molecule has 0 aliphatic carbocycles. The van der Waals surface area contributed by atoms with E-state index in [0.29, 0.717) is 22.9 Å². The molecule has 1 aromatic heterocycles. The molecule has 0 saturated carbocycles. The van der Waals surface area contributed by atoms with E-state index in [1.54, 1.807) is 19.1 Å². The molecule has 2 aromatic rings. The van der Waals surface area contributed by atoms with Crippen LogP contribution in [0.2, 0.25) is 0 Å². The minimum atomic E-state index is -2.10. The molecule has 5 heterocycles. The number of primary amides is 1. The Bertz CT molecular complexity index is 2150. The van der Waals surface area contributed by atoms with Gasteiger partial charge in [-0.1, -0.05) is 13.8 Å². The summed E-state index contributed by atoms with van der Waals surface area (Å²) in [5.74, 6) is -7.02. The average molecular weight is 1040 g/mol. The Morgan fingerprint density at radius 3 is 2.50 bits per heavy atom. The number of carbonyl (C=O) groups is 7. The van der Waals surface area contributed by atoms with E-state index >= 15 is 0 Å². The third-order valence-corrected chi connectivity index (χ3v) is 13.6. The molecule has 25 heteroatoms. The number of hydrogen-bond donors (Lipinski definition) is 12. The number of carbonyl (C=O) groups excluding carboxylic acids is 7. The second-order valence-electron chi connectivity index (χ2n) is 16.5. The van der Waals surface area contributed by atoms with Gasteiger partial charge in [-0.05, 0) is 24.1 Å². The van der Waals surface area contributed by atoms with Gasteiger partial charge in [0, 0.05) is 99.1 Å². The zero-order chi connectivity index (χ0) is 45.9. The number of rotatable bonds is 6. The number of amides is 7. The van der Waals surface area contributed by atoms with Crippen molar-refractivity contribution in [1.29, 1.82) is 0 Å². The number of H-pyrrole nitrogens is 1. The molecule has 1 aromatic carbocycles. The minimum Gasteiger partial charge on any atom is -0.483 e. The van der Waals surface area contributed by atoms with Crippen LogP contribution < -0.4 is 48.1 Å². The molecule has 12 unspecified atom stereocenters. The molecule has 64 heavy (non-hydrogen) atoms. The number of hydrogen-bond acceptors (Lipinski definition) is 13. The van der Waals surface area contributed by atoms with Gasteiger partial charge in [0.05, 0.1) is 71.5 Å². The van der Waals surface area contributed by atoms with Gasteiger partial charge in [0.25, 0.3) is 5.91 Å². The number of nitrogens with two attached hydrogens (primary N) is 1. The number of ether oxygens (including phenoxy) is 1. The summed E-state index contributed by atoms with van der Waals surface area (Å²) in [6.07, 6.45) is -5.54. The minimum absolute atomic E-state index is 0. The molecule has 0 spiro atoms. The quantitative estimate of drug-likeness (QED) is 0.0947. The predicted octanol–water partition coefficient (Wildman–Crippen LogP) is -7.13. The van der Waals surface area contributed by atoms with Gasteiger partial charge in [-0.3, -0.25) is 37.8 Å². The third kappa shape index (κ3) is 11.5. The maximum Gasteiger partial charge on any atom is 0.282 e. The molecule has 4 aliphatic rings. The Labute approximate surface area is 410 Å². The van der Waals surface area contributed by atoms with E-state index in [1.807, 2.05) is 0 Å². The maximum atomic E-state index is 14.8. The van der Waals surface area contributed by atoms with Crippen molar-refractivity contribution in [2.75, 3.05) is 38.5 Å². The van der Waals surface area contributed by atoms with E-state index < -0.39 is 138 Å². The number of aromatic amines is 1. The third-order valence-electron chi connectivity index (χ3n) is 12.1. The standard InChI is InChI=1S/C39H56N10O13S.Ba/c1-3-26-31(41)36(58)44-12-29(55)45-17-11-43-22(10-28(40)54)39(60)49-13-18(51)8-23(49)35(57)47-32(16(2)25(53)14-50)37(59)46-21-9-20-19-4-5-27(62-26)30(24(52)6-7-42-34(21)56)33(19)48-38(20)63(61)15-17;/h4-5,16-18,21-26,31-32,43,48,50-53H,3,6-15,41H2,1-2H3,(H2,40,54)(H,42,56)(H,44,58)(H,45,55)(H,46,59)(H,47,57);/p+2. The molecule has 2 radical (unpaired) electrons. The molecule has 1 fully saturated rings. The van der Waals surface area contributed by atoms with Gasteiger partial charge in [-0.25, -0.2) is 0 Å². The van der Waals surface area contributed by atoms with Crippen LogP contribution in [0.5, 0.6) is 5.75 Å². The van der Waals surface area contributed by atoms with Crippen molar-refractivity contribution in [2.45, 2.75) is 112 Å². The first-order valence-electron chi connectivity index (χ1n) is 20.9. The monoisotopic (exact) mass is 1040 g/mol. The summed E-state index contributed by atoms with van der Waals surface area (Å²) in [6, 6.07) is -4.78. The van der Waals surface area contributed by atoms with Crippen molar-refractivity contribution in [2.24, 2.45) is 11.7 Å². The van der Waals surface area contributed by atoms with Crippen LogP contribution >= 0.6 is 0 Å². The molecule has 1 saturated heterocycles. The molecule has 4 aliphatic heterocycles. The second-order valence-corrected chi connectivity index (χ2v) is 18.0. The fourth-order valence-corrected chi connectivity index (χ4v) is 9.93. The number of quaternary nitrogens is 1. The number of benzene rings is 1. The van der Waals surface area contributed by atoms with Gasteiger partial charge in [0.1, 0.15) is 28.9 Å². The molecular weight excluding hydrogens is 986 g/mol. The summed E-state index contributed by atoms with van der Waals surface area (Å²) in [4.78, 5) is 100. The molecule has 8 bridgehead atoms. The average Bonchev–Trinajstić information content (AvgIpc) is 3.82. The van der Waals surface area contributed by atoms with E-state index in [9.17, 15) is 58.2 Å². The van der Waals surface area contributed by atoms with Crippen LogP contribution in [0, 0.1) is 5.92 Å². The van der Waals surface area contributed by atoms with Crippen LogP contribution in [0.15, 0.2) is 17.2 Å². The summed E-state index contributed by atoms with van der Waals surface area (Å²) in [7, 11) is -2.10. The Morgan fingerprint density at radius 1 is 1.08 bits per heavy atom. The first-order chi connectivity index (χ1) is 29.9. The maximum absolute atomic E-state index is 14.8. The van der Waals surface area contributed by atoms with E-state index in [1.165, 1.54) is 6.92 Å². The fourth-order valence-electron chi connectivity index (χ4n) is 8.51. The van der Waals surface area contributed by atoms with Crippen LogP contribution in [0.25, 0.3) is 10.9 Å². The van der Waals surface area contributed by atoms with Crippen LogP contribution in [-0.4, -0.2) is 218 Å². The van der Waals surface area contributed by atoms with Crippen LogP contribution in [0.3, 0.4) is 0 Å². The molecule has 348 valence electrons. The van der Waals surface area contributed by atoms with E-state index in [-0.39, 0.29) is 110 Å². The number of nitrogens with one attached hydrogen (secondary N) is 7. The van der Waals surface area contributed by atoms with Crippen molar-refractivity contribution >= 4 is 112 Å². The van der Waals surface area contributed by atoms with Gasteiger partial charge in [-0.15, -0.1) is 0 Å². The normalized spacial score (nSPS) is 30.9. The van der Waals surface area contributed by atoms with Crippen LogP contribution in [0.1, 0.15) is 56.8 Å². The van der Waals surface area contributed by atoms with Crippen molar-refractivity contribution in [1.82, 2.24) is 41.8 Å². The van der Waals surface area contributed by atoms with Gasteiger partial charge >= 0.3 is 0 Å². The molecule has 23 nitrogen and oxygen atoms in total. The van der Waals surface area contributed by atoms with Crippen LogP contribution in [-0.2, 0) is 50.8 Å². The molecule has 6 rings (SSSR count). The molecular formula is C39H58BaN10O13S+2. The van der Waals surface area contributed by atoms with Gasteiger partial charge in [-0.2, -0.15) is 0 Å². The Morgan fingerprint density at radius 2 is 1.81 bits per heavy atom. The van der Waals surface area contributed by atoms with Crippen molar-refractivity contribution in [3.8, 4) is 5.75 Å². The largest absolute Gasteiger partial charge is 0.483 e. The van der Waals surface area contributed by atoms with Crippen molar-refractivity contribution in [3.63, 3.8) is 0 Å². The Balaban J connectivity index is 0.00000771. The van der Waals surface area contributed by atoms with Gasteiger partial charge in [0.15, 0.2) is 12.2 Å².